The van der Waals surface area contributed by atoms with E-state index in [1.165, 1.54) is 0 Å². The van der Waals surface area contributed by atoms with Gasteiger partial charge in [-0.2, -0.15) is 0 Å². The van der Waals surface area contributed by atoms with Gasteiger partial charge in [-0.1, -0.05) is 27.7 Å². The average Bonchev–Trinajstić information content (AvgIpc) is 2.30. The molecule has 19 heavy (non-hydrogen) atoms. The van der Waals surface area contributed by atoms with Crippen LogP contribution in [0.3, 0.4) is 0 Å². The zero-order chi connectivity index (χ0) is 14.7. The van der Waals surface area contributed by atoms with Gasteiger partial charge in [0.05, 0.1) is 12.6 Å². The van der Waals surface area contributed by atoms with Gasteiger partial charge in [0, 0.05) is 7.11 Å². The molecule has 110 valence electrons. The van der Waals surface area contributed by atoms with Crippen molar-refractivity contribution in [3.63, 3.8) is 0 Å². The Hall–Kier alpha value is -1.10. The molecular weight excluding hydrogens is 244 g/mol. The second-order valence-corrected chi connectivity index (χ2v) is 5.97. The number of hydrogen-bond donors (Lipinski definition) is 1. The Morgan fingerprint density at radius 1 is 1.16 bits per heavy atom. The fraction of sp³-hybridized carbons (Fsp3) is 0.857. The third-order valence-electron chi connectivity index (χ3n) is 3.57. The van der Waals surface area contributed by atoms with Gasteiger partial charge in [-0.05, 0) is 18.8 Å². The van der Waals surface area contributed by atoms with Crippen molar-refractivity contribution in [2.24, 2.45) is 11.8 Å². The van der Waals surface area contributed by atoms with Crippen molar-refractivity contribution in [2.75, 3.05) is 13.7 Å². The quantitative estimate of drug-likeness (QED) is 0.811. The monoisotopic (exact) mass is 270 g/mol. The highest BCUT2D eigenvalue weighted by molar-refractivity contribution is 5.97. The molecule has 3 atom stereocenters. The number of nitrogens with zero attached hydrogens (tertiary/aromatic N) is 1. The maximum absolute atomic E-state index is 12.6. The standard InChI is InChI=1S/C14H26N2O3/c1-8(2)11-14(18)16(10(5)7-19-6)12(9(3)4)13(17)15-11/h8-12H,7H2,1-6H3,(H,15,17). The van der Waals surface area contributed by atoms with Crippen molar-refractivity contribution < 1.29 is 14.3 Å². The summed E-state index contributed by atoms with van der Waals surface area (Å²) < 4.78 is 5.14. The smallest absolute Gasteiger partial charge is 0.246 e. The maximum atomic E-state index is 12.6. The predicted molar refractivity (Wildman–Crippen MR) is 73.6 cm³/mol. The third-order valence-corrected chi connectivity index (χ3v) is 3.57. The first-order valence-electron chi connectivity index (χ1n) is 6.92. The van der Waals surface area contributed by atoms with Crippen LogP contribution in [0, 0.1) is 11.8 Å². The van der Waals surface area contributed by atoms with E-state index in [0.29, 0.717) is 6.61 Å². The number of carbonyl (C=O) groups is 2. The van der Waals surface area contributed by atoms with Gasteiger partial charge in [-0.25, -0.2) is 0 Å². The normalized spacial score (nSPS) is 26.0. The van der Waals surface area contributed by atoms with E-state index in [1.807, 2.05) is 34.6 Å². The summed E-state index contributed by atoms with van der Waals surface area (Å²) in [6.07, 6.45) is 0. The number of hydrogen-bond acceptors (Lipinski definition) is 3. The highest BCUT2D eigenvalue weighted by Gasteiger charge is 2.44. The number of carbonyl (C=O) groups excluding carboxylic acids is 2. The fourth-order valence-corrected chi connectivity index (χ4v) is 2.61. The van der Waals surface area contributed by atoms with Crippen molar-refractivity contribution in [1.82, 2.24) is 10.2 Å². The molecule has 0 aromatic heterocycles. The lowest BCUT2D eigenvalue weighted by molar-refractivity contribution is -0.156. The lowest BCUT2D eigenvalue weighted by Crippen LogP contribution is -2.68. The summed E-state index contributed by atoms with van der Waals surface area (Å²) in [4.78, 5) is 26.6. The summed E-state index contributed by atoms with van der Waals surface area (Å²) in [6, 6.07) is -0.938. The van der Waals surface area contributed by atoms with Crippen molar-refractivity contribution >= 4 is 11.8 Å². The lowest BCUT2D eigenvalue weighted by Gasteiger charge is -2.44. The van der Waals surface area contributed by atoms with Gasteiger partial charge in [0.2, 0.25) is 11.8 Å². The Labute approximate surface area is 115 Å². The zero-order valence-electron chi connectivity index (χ0n) is 12.8. The fourth-order valence-electron chi connectivity index (χ4n) is 2.61. The Balaban J connectivity index is 3.06. The van der Waals surface area contributed by atoms with Crippen molar-refractivity contribution in [2.45, 2.75) is 52.7 Å². The minimum Gasteiger partial charge on any atom is -0.383 e. The first kappa shape index (κ1) is 16.0. The summed E-state index contributed by atoms with van der Waals surface area (Å²) in [5.74, 6) is 0.104. The molecule has 1 fully saturated rings. The molecular formula is C14H26N2O3. The van der Waals surface area contributed by atoms with Crippen molar-refractivity contribution in [1.29, 1.82) is 0 Å². The van der Waals surface area contributed by atoms with E-state index in [9.17, 15) is 9.59 Å². The van der Waals surface area contributed by atoms with E-state index in [2.05, 4.69) is 5.32 Å². The molecule has 2 amide bonds. The zero-order valence-corrected chi connectivity index (χ0v) is 12.8. The van der Waals surface area contributed by atoms with Crippen LogP contribution < -0.4 is 5.32 Å². The van der Waals surface area contributed by atoms with Gasteiger partial charge in [0.1, 0.15) is 12.1 Å². The highest BCUT2D eigenvalue weighted by atomic mass is 16.5. The molecule has 5 heteroatoms. The molecule has 1 aliphatic heterocycles. The van der Waals surface area contributed by atoms with E-state index in [4.69, 9.17) is 4.74 Å². The number of methoxy groups -OCH3 is 1. The van der Waals surface area contributed by atoms with Crippen LogP contribution in [0.5, 0.6) is 0 Å². The van der Waals surface area contributed by atoms with E-state index >= 15 is 0 Å². The summed E-state index contributed by atoms with van der Waals surface area (Å²) in [6.45, 7) is 10.2. The van der Waals surface area contributed by atoms with E-state index in [-0.39, 0.29) is 29.7 Å². The van der Waals surface area contributed by atoms with Gasteiger partial charge >= 0.3 is 0 Å². The highest BCUT2D eigenvalue weighted by Crippen LogP contribution is 2.23. The molecule has 1 N–H and O–H groups in total. The molecule has 1 heterocycles. The molecule has 5 nitrogen and oxygen atoms in total. The van der Waals surface area contributed by atoms with Crippen LogP contribution in [0.1, 0.15) is 34.6 Å². The average molecular weight is 270 g/mol. The van der Waals surface area contributed by atoms with Gasteiger partial charge in [0.15, 0.2) is 0 Å². The summed E-state index contributed by atoms with van der Waals surface area (Å²) in [5.41, 5.74) is 0. The van der Waals surface area contributed by atoms with Gasteiger partial charge in [-0.15, -0.1) is 0 Å². The molecule has 0 bridgehead atoms. The molecule has 0 saturated carbocycles. The first-order valence-corrected chi connectivity index (χ1v) is 6.92. The van der Waals surface area contributed by atoms with Crippen LogP contribution in [0.2, 0.25) is 0 Å². The molecule has 1 aliphatic rings. The van der Waals surface area contributed by atoms with Crippen LogP contribution in [-0.2, 0) is 14.3 Å². The molecule has 3 unspecified atom stereocenters. The first-order chi connectivity index (χ1) is 8.81. The summed E-state index contributed by atoms with van der Waals surface area (Å²) in [7, 11) is 1.61. The number of piperazine rings is 1. The summed E-state index contributed by atoms with van der Waals surface area (Å²) in [5, 5.41) is 2.85. The Morgan fingerprint density at radius 2 is 1.74 bits per heavy atom. The van der Waals surface area contributed by atoms with Crippen LogP contribution in [0.25, 0.3) is 0 Å². The second-order valence-electron chi connectivity index (χ2n) is 5.97. The molecule has 0 radical (unpaired) electrons. The van der Waals surface area contributed by atoms with E-state index in [0.717, 1.165) is 0 Å². The molecule has 0 aromatic carbocycles. The van der Waals surface area contributed by atoms with Crippen LogP contribution in [-0.4, -0.2) is 48.6 Å². The molecule has 1 rings (SSSR count). The number of ether oxygens (including phenoxy) is 1. The Kier molecular flexibility index (Phi) is 5.35. The van der Waals surface area contributed by atoms with Gasteiger partial charge in [-0.3, -0.25) is 9.59 Å². The van der Waals surface area contributed by atoms with Gasteiger partial charge < -0.3 is 15.0 Å². The van der Waals surface area contributed by atoms with E-state index < -0.39 is 12.1 Å². The molecule has 0 aliphatic carbocycles. The van der Waals surface area contributed by atoms with Crippen LogP contribution in [0.15, 0.2) is 0 Å². The van der Waals surface area contributed by atoms with Crippen molar-refractivity contribution in [3.8, 4) is 0 Å². The molecule has 0 spiro atoms. The van der Waals surface area contributed by atoms with Crippen molar-refractivity contribution in [3.05, 3.63) is 0 Å². The minimum atomic E-state index is -0.429. The summed E-state index contributed by atoms with van der Waals surface area (Å²) >= 11 is 0. The van der Waals surface area contributed by atoms with Gasteiger partial charge in [0.25, 0.3) is 0 Å². The molecule has 0 aromatic rings. The number of amides is 2. The molecule has 1 saturated heterocycles. The van der Waals surface area contributed by atoms with Crippen LogP contribution >= 0.6 is 0 Å². The lowest BCUT2D eigenvalue weighted by atomic mass is 9.91. The largest absolute Gasteiger partial charge is 0.383 e. The Morgan fingerprint density at radius 3 is 2.16 bits per heavy atom. The van der Waals surface area contributed by atoms with Crippen LogP contribution in [0.4, 0.5) is 0 Å². The number of rotatable bonds is 5. The topological polar surface area (TPSA) is 58.6 Å². The minimum absolute atomic E-state index is 0.00199. The SMILES string of the molecule is COCC(C)N1C(=O)C(C(C)C)NC(=O)C1C(C)C. The number of nitrogens with one attached hydrogen (secondary N) is 1. The Bertz CT molecular complexity index is 342. The predicted octanol–water partition coefficient (Wildman–Crippen LogP) is 1.03. The third kappa shape index (κ3) is 3.26. The van der Waals surface area contributed by atoms with E-state index in [1.54, 1.807) is 12.0 Å². The maximum Gasteiger partial charge on any atom is 0.246 e. The second kappa shape index (κ2) is 6.37.